The van der Waals surface area contributed by atoms with Crippen LogP contribution in [0.4, 0.5) is 0 Å². The van der Waals surface area contributed by atoms with Crippen LogP contribution in [0.25, 0.3) is 0 Å². The standard InChI is InChI=1S/C14H24O4/c1-4-8-17-13-9-12(10-18-13)7-6-11(3)14(15)16-5-2/h12-13H,3-10H2,1-2H3/t12-,13+/m1/s1. The minimum atomic E-state index is -0.282. The van der Waals surface area contributed by atoms with Crippen molar-refractivity contribution < 1.29 is 19.0 Å². The minimum Gasteiger partial charge on any atom is -0.463 e. The van der Waals surface area contributed by atoms with Crippen LogP contribution in [-0.2, 0) is 19.0 Å². The smallest absolute Gasteiger partial charge is 0.333 e. The second-order valence-corrected chi connectivity index (χ2v) is 4.60. The zero-order valence-corrected chi connectivity index (χ0v) is 11.4. The third-order valence-electron chi connectivity index (χ3n) is 2.97. The summed E-state index contributed by atoms with van der Waals surface area (Å²) in [6.45, 7) is 9.49. The Morgan fingerprint density at radius 2 is 2.22 bits per heavy atom. The summed E-state index contributed by atoms with van der Waals surface area (Å²) < 4.78 is 16.0. The molecule has 104 valence electrons. The summed E-state index contributed by atoms with van der Waals surface area (Å²) in [5.74, 6) is 0.174. The Kier molecular flexibility index (Phi) is 6.98. The number of hydrogen-bond acceptors (Lipinski definition) is 4. The van der Waals surface area contributed by atoms with Crippen LogP contribution >= 0.6 is 0 Å². The lowest BCUT2D eigenvalue weighted by Crippen LogP contribution is -2.11. The van der Waals surface area contributed by atoms with E-state index in [-0.39, 0.29) is 12.3 Å². The highest BCUT2D eigenvalue weighted by molar-refractivity contribution is 5.87. The maximum absolute atomic E-state index is 11.4. The van der Waals surface area contributed by atoms with Crippen molar-refractivity contribution in [3.8, 4) is 0 Å². The number of hydrogen-bond donors (Lipinski definition) is 0. The highest BCUT2D eigenvalue weighted by Gasteiger charge is 2.26. The van der Waals surface area contributed by atoms with Crippen LogP contribution in [0.5, 0.6) is 0 Å². The third-order valence-corrected chi connectivity index (χ3v) is 2.97. The molecule has 0 unspecified atom stereocenters. The van der Waals surface area contributed by atoms with Crippen LogP contribution in [0, 0.1) is 5.92 Å². The average molecular weight is 256 g/mol. The van der Waals surface area contributed by atoms with Crippen molar-refractivity contribution in [2.24, 2.45) is 5.92 Å². The molecule has 0 aromatic rings. The molecule has 0 aliphatic carbocycles. The fourth-order valence-electron chi connectivity index (χ4n) is 1.93. The molecule has 0 aromatic carbocycles. The Hall–Kier alpha value is -0.870. The van der Waals surface area contributed by atoms with E-state index in [4.69, 9.17) is 14.2 Å². The normalized spacial score (nSPS) is 23.0. The number of ether oxygens (including phenoxy) is 3. The average Bonchev–Trinajstić information content (AvgIpc) is 2.81. The van der Waals surface area contributed by atoms with Gasteiger partial charge in [-0.2, -0.15) is 0 Å². The van der Waals surface area contributed by atoms with Gasteiger partial charge < -0.3 is 14.2 Å². The molecule has 18 heavy (non-hydrogen) atoms. The molecule has 0 N–H and O–H groups in total. The van der Waals surface area contributed by atoms with Crippen LogP contribution in [0.3, 0.4) is 0 Å². The van der Waals surface area contributed by atoms with E-state index in [2.05, 4.69) is 13.5 Å². The lowest BCUT2D eigenvalue weighted by atomic mass is 9.99. The molecule has 2 atom stereocenters. The fraction of sp³-hybridized carbons (Fsp3) is 0.786. The van der Waals surface area contributed by atoms with E-state index in [9.17, 15) is 4.79 Å². The highest BCUT2D eigenvalue weighted by atomic mass is 16.7. The first kappa shape index (κ1) is 15.2. The van der Waals surface area contributed by atoms with Crippen LogP contribution in [0.15, 0.2) is 12.2 Å². The molecule has 0 saturated carbocycles. The van der Waals surface area contributed by atoms with E-state index in [1.54, 1.807) is 6.92 Å². The van der Waals surface area contributed by atoms with Gasteiger partial charge >= 0.3 is 5.97 Å². The maximum Gasteiger partial charge on any atom is 0.333 e. The largest absolute Gasteiger partial charge is 0.463 e. The van der Waals surface area contributed by atoms with Gasteiger partial charge in [0.1, 0.15) is 0 Å². The molecule has 0 amide bonds. The quantitative estimate of drug-likeness (QED) is 0.495. The summed E-state index contributed by atoms with van der Waals surface area (Å²) in [7, 11) is 0. The molecular formula is C14H24O4. The van der Waals surface area contributed by atoms with E-state index < -0.39 is 0 Å². The lowest BCUT2D eigenvalue weighted by Gasteiger charge is -2.10. The predicted octanol–water partition coefficient (Wildman–Crippen LogP) is 2.68. The Morgan fingerprint density at radius 1 is 1.44 bits per heavy atom. The molecule has 4 nitrogen and oxygen atoms in total. The van der Waals surface area contributed by atoms with Gasteiger partial charge in [-0.3, -0.25) is 0 Å². The van der Waals surface area contributed by atoms with Crippen molar-refractivity contribution in [1.82, 2.24) is 0 Å². The van der Waals surface area contributed by atoms with Crippen molar-refractivity contribution in [3.63, 3.8) is 0 Å². The molecule has 0 radical (unpaired) electrons. The molecule has 4 heteroatoms. The summed E-state index contributed by atoms with van der Waals surface area (Å²) in [4.78, 5) is 11.4. The zero-order chi connectivity index (χ0) is 13.4. The van der Waals surface area contributed by atoms with Crippen molar-refractivity contribution in [2.45, 2.75) is 45.8 Å². The Labute approximate surface area is 109 Å². The summed E-state index contributed by atoms with van der Waals surface area (Å²) in [5.41, 5.74) is 0.551. The van der Waals surface area contributed by atoms with Gasteiger partial charge in [0.15, 0.2) is 6.29 Å². The number of esters is 1. The number of rotatable bonds is 8. The third kappa shape index (κ3) is 5.19. The molecule has 0 aromatic heterocycles. The maximum atomic E-state index is 11.4. The summed E-state index contributed by atoms with van der Waals surface area (Å²) in [5, 5.41) is 0. The zero-order valence-electron chi connectivity index (χ0n) is 11.4. The van der Waals surface area contributed by atoms with Crippen molar-refractivity contribution in [3.05, 3.63) is 12.2 Å². The van der Waals surface area contributed by atoms with Gasteiger partial charge in [-0.15, -0.1) is 0 Å². The van der Waals surface area contributed by atoms with Gasteiger partial charge in [-0.05, 0) is 32.1 Å². The molecule has 1 rings (SSSR count). The van der Waals surface area contributed by atoms with Crippen LogP contribution in [0.2, 0.25) is 0 Å². The highest BCUT2D eigenvalue weighted by Crippen LogP contribution is 2.26. The molecule has 1 heterocycles. The first-order valence-corrected chi connectivity index (χ1v) is 6.75. The summed E-state index contributed by atoms with van der Waals surface area (Å²) >= 11 is 0. The van der Waals surface area contributed by atoms with Gasteiger partial charge in [0.2, 0.25) is 0 Å². The second-order valence-electron chi connectivity index (χ2n) is 4.60. The Bertz CT molecular complexity index is 275. The number of carbonyl (C=O) groups excluding carboxylic acids is 1. The van der Waals surface area contributed by atoms with Crippen molar-refractivity contribution in [2.75, 3.05) is 19.8 Å². The van der Waals surface area contributed by atoms with E-state index in [0.29, 0.717) is 31.1 Å². The molecular weight excluding hydrogens is 232 g/mol. The number of carbonyl (C=O) groups is 1. The van der Waals surface area contributed by atoms with Crippen molar-refractivity contribution in [1.29, 1.82) is 0 Å². The van der Waals surface area contributed by atoms with Gasteiger partial charge in [0.05, 0.1) is 13.2 Å². The topological polar surface area (TPSA) is 44.8 Å². The molecule has 0 spiro atoms. The van der Waals surface area contributed by atoms with E-state index >= 15 is 0 Å². The van der Waals surface area contributed by atoms with Gasteiger partial charge in [-0.1, -0.05) is 13.5 Å². The SMILES string of the molecule is C=C(CC[C@H]1CO[C@H](OCCC)C1)C(=O)OCC. The molecule has 1 fully saturated rings. The van der Waals surface area contributed by atoms with E-state index in [1.807, 2.05) is 0 Å². The van der Waals surface area contributed by atoms with Gasteiger partial charge in [0.25, 0.3) is 0 Å². The lowest BCUT2D eigenvalue weighted by molar-refractivity contribution is -0.138. The summed E-state index contributed by atoms with van der Waals surface area (Å²) in [6.07, 6.45) is 3.43. The first-order valence-electron chi connectivity index (χ1n) is 6.75. The van der Waals surface area contributed by atoms with E-state index in [0.717, 1.165) is 25.9 Å². The minimum absolute atomic E-state index is 0.0641. The molecule has 1 aliphatic rings. The predicted molar refractivity (Wildman–Crippen MR) is 69.1 cm³/mol. The molecule has 1 saturated heterocycles. The summed E-state index contributed by atoms with van der Waals surface area (Å²) in [6, 6.07) is 0. The first-order chi connectivity index (χ1) is 8.67. The van der Waals surface area contributed by atoms with Crippen molar-refractivity contribution >= 4 is 5.97 Å². The fourth-order valence-corrected chi connectivity index (χ4v) is 1.93. The Morgan fingerprint density at radius 3 is 2.89 bits per heavy atom. The van der Waals surface area contributed by atoms with Gasteiger partial charge in [0, 0.05) is 18.6 Å². The molecule has 0 bridgehead atoms. The van der Waals surface area contributed by atoms with Crippen LogP contribution < -0.4 is 0 Å². The monoisotopic (exact) mass is 256 g/mol. The van der Waals surface area contributed by atoms with Crippen LogP contribution in [0.1, 0.15) is 39.5 Å². The van der Waals surface area contributed by atoms with Gasteiger partial charge in [-0.25, -0.2) is 4.79 Å². The van der Waals surface area contributed by atoms with Crippen LogP contribution in [-0.4, -0.2) is 32.1 Å². The van der Waals surface area contributed by atoms with E-state index in [1.165, 1.54) is 0 Å². The Balaban J connectivity index is 2.17. The molecule has 1 aliphatic heterocycles. The second kappa shape index (κ2) is 8.27.